The van der Waals surface area contributed by atoms with Crippen molar-refractivity contribution in [2.75, 3.05) is 0 Å². The lowest BCUT2D eigenvalue weighted by molar-refractivity contribution is -0.137. The van der Waals surface area contributed by atoms with Crippen LogP contribution in [0.25, 0.3) is 0 Å². The van der Waals surface area contributed by atoms with Gasteiger partial charge in [0.1, 0.15) is 0 Å². The molecule has 1 rings (SSSR count). The Balaban J connectivity index is 2.92. The molecule has 0 bridgehead atoms. The van der Waals surface area contributed by atoms with Gasteiger partial charge >= 0.3 is 11.8 Å². The van der Waals surface area contributed by atoms with E-state index in [1.165, 1.54) is 0 Å². The summed E-state index contributed by atoms with van der Waals surface area (Å²) in [5, 5.41) is 4.61. The summed E-state index contributed by atoms with van der Waals surface area (Å²) in [5.41, 5.74) is 7.72. The van der Waals surface area contributed by atoms with Gasteiger partial charge in [0, 0.05) is 15.6 Å². The number of carbonyl (C=O) groups is 2. The fourth-order valence-electron chi connectivity index (χ4n) is 1.02. The SMILES string of the molecule is C/C(=N\NC(=O)C(N)=O)c1cc(Cl)ccc1Cl. The lowest BCUT2D eigenvalue weighted by atomic mass is 10.1. The first kappa shape index (κ1) is 13.5. The van der Waals surface area contributed by atoms with Crippen LogP contribution in [0, 0.1) is 0 Å². The zero-order valence-electron chi connectivity index (χ0n) is 8.83. The van der Waals surface area contributed by atoms with E-state index in [1.54, 1.807) is 25.1 Å². The Kier molecular flexibility index (Phi) is 4.48. The van der Waals surface area contributed by atoms with Crippen molar-refractivity contribution in [2.24, 2.45) is 10.8 Å². The molecule has 0 fully saturated rings. The van der Waals surface area contributed by atoms with Crippen LogP contribution < -0.4 is 11.2 Å². The third-order valence-electron chi connectivity index (χ3n) is 1.87. The Labute approximate surface area is 108 Å². The van der Waals surface area contributed by atoms with Gasteiger partial charge < -0.3 is 5.73 Å². The van der Waals surface area contributed by atoms with Gasteiger partial charge in [-0.05, 0) is 25.1 Å². The highest BCUT2D eigenvalue weighted by atomic mass is 35.5. The van der Waals surface area contributed by atoms with Gasteiger partial charge in [0.25, 0.3) is 0 Å². The van der Waals surface area contributed by atoms with Gasteiger partial charge in [-0.1, -0.05) is 23.2 Å². The molecule has 0 unspecified atom stereocenters. The number of nitrogens with two attached hydrogens (primary N) is 1. The first-order valence-corrected chi connectivity index (χ1v) is 5.27. The lowest BCUT2D eigenvalue weighted by Gasteiger charge is -2.04. The van der Waals surface area contributed by atoms with E-state index in [0.717, 1.165) is 0 Å². The molecule has 0 aliphatic carbocycles. The van der Waals surface area contributed by atoms with E-state index >= 15 is 0 Å². The molecule has 0 heterocycles. The topological polar surface area (TPSA) is 84.6 Å². The van der Waals surface area contributed by atoms with Crippen molar-refractivity contribution in [3.05, 3.63) is 33.8 Å². The number of hydrogen-bond acceptors (Lipinski definition) is 3. The molecule has 0 spiro atoms. The van der Waals surface area contributed by atoms with Crippen LogP contribution in [0.3, 0.4) is 0 Å². The number of nitrogens with one attached hydrogen (secondary N) is 1. The summed E-state index contributed by atoms with van der Waals surface area (Å²) < 4.78 is 0. The minimum absolute atomic E-state index is 0.409. The number of rotatable bonds is 2. The maximum atomic E-state index is 10.9. The van der Waals surface area contributed by atoms with Crippen molar-refractivity contribution in [1.82, 2.24) is 5.43 Å². The first-order chi connectivity index (χ1) is 7.91. The van der Waals surface area contributed by atoms with E-state index in [1.807, 2.05) is 5.43 Å². The Hall–Kier alpha value is -1.59. The molecule has 7 heteroatoms. The normalized spacial score (nSPS) is 11.1. The lowest BCUT2D eigenvalue weighted by Crippen LogP contribution is -2.33. The second-order valence-electron chi connectivity index (χ2n) is 3.13. The molecular formula is C10H9Cl2N3O2. The maximum Gasteiger partial charge on any atom is 0.329 e. The summed E-state index contributed by atoms with van der Waals surface area (Å²) in [6.45, 7) is 1.61. The molecule has 90 valence electrons. The van der Waals surface area contributed by atoms with E-state index in [9.17, 15) is 9.59 Å². The smallest absolute Gasteiger partial charge is 0.329 e. The maximum absolute atomic E-state index is 10.9. The quantitative estimate of drug-likeness (QED) is 0.484. The largest absolute Gasteiger partial charge is 0.361 e. The standard InChI is InChI=1S/C10H9Cl2N3O2/c1-5(14-15-10(17)9(13)16)7-4-6(11)2-3-8(7)12/h2-4H,1H3,(H2,13,16)(H,15,17)/b14-5+. The highest BCUT2D eigenvalue weighted by molar-refractivity contribution is 6.36. The number of hydrogen-bond donors (Lipinski definition) is 2. The van der Waals surface area contributed by atoms with Crippen molar-refractivity contribution < 1.29 is 9.59 Å². The molecule has 17 heavy (non-hydrogen) atoms. The van der Waals surface area contributed by atoms with Crippen LogP contribution >= 0.6 is 23.2 Å². The van der Waals surface area contributed by atoms with E-state index in [0.29, 0.717) is 21.3 Å². The Morgan fingerprint density at radius 1 is 1.35 bits per heavy atom. The molecular weight excluding hydrogens is 265 g/mol. The molecule has 1 aromatic carbocycles. The van der Waals surface area contributed by atoms with Gasteiger partial charge in [-0.2, -0.15) is 5.10 Å². The molecule has 0 aliphatic rings. The van der Waals surface area contributed by atoms with E-state index in [2.05, 4.69) is 5.10 Å². The summed E-state index contributed by atoms with van der Waals surface area (Å²) in [6.07, 6.45) is 0. The monoisotopic (exact) mass is 273 g/mol. The van der Waals surface area contributed by atoms with Gasteiger partial charge in [0.2, 0.25) is 0 Å². The summed E-state index contributed by atoms with van der Waals surface area (Å²) >= 11 is 11.7. The molecule has 0 aromatic heterocycles. The third kappa shape index (κ3) is 3.72. The Bertz CT molecular complexity index is 500. The van der Waals surface area contributed by atoms with Gasteiger partial charge in [0.05, 0.1) is 5.71 Å². The molecule has 0 atom stereocenters. The molecule has 0 radical (unpaired) electrons. The number of halogens is 2. The molecule has 0 aliphatic heterocycles. The van der Waals surface area contributed by atoms with Crippen LogP contribution in [0.2, 0.25) is 10.0 Å². The number of amides is 2. The van der Waals surface area contributed by atoms with Crippen molar-refractivity contribution in [2.45, 2.75) is 6.92 Å². The summed E-state index contributed by atoms with van der Waals surface area (Å²) in [4.78, 5) is 21.3. The molecule has 2 amide bonds. The average molecular weight is 274 g/mol. The summed E-state index contributed by atoms with van der Waals surface area (Å²) in [6, 6.07) is 4.83. The molecule has 0 saturated carbocycles. The van der Waals surface area contributed by atoms with Gasteiger partial charge in [-0.25, -0.2) is 5.43 Å². The fourth-order valence-corrected chi connectivity index (χ4v) is 1.45. The van der Waals surface area contributed by atoms with E-state index in [-0.39, 0.29) is 0 Å². The molecule has 0 saturated heterocycles. The average Bonchev–Trinajstić information content (AvgIpc) is 2.28. The van der Waals surface area contributed by atoms with Crippen LogP contribution in [-0.2, 0) is 9.59 Å². The Morgan fingerprint density at radius 3 is 2.59 bits per heavy atom. The number of hydrazone groups is 1. The van der Waals surface area contributed by atoms with E-state index in [4.69, 9.17) is 28.9 Å². The number of primary amides is 1. The van der Waals surface area contributed by atoms with E-state index < -0.39 is 11.8 Å². The second-order valence-corrected chi connectivity index (χ2v) is 3.97. The van der Waals surface area contributed by atoms with Crippen LogP contribution in [0.5, 0.6) is 0 Å². The van der Waals surface area contributed by atoms with Crippen molar-refractivity contribution in [1.29, 1.82) is 0 Å². The summed E-state index contributed by atoms with van der Waals surface area (Å²) in [5.74, 6) is -2.11. The van der Waals surface area contributed by atoms with Crippen LogP contribution in [0.15, 0.2) is 23.3 Å². The highest BCUT2D eigenvalue weighted by Crippen LogP contribution is 2.21. The third-order valence-corrected chi connectivity index (χ3v) is 2.43. The predicted molar refractivity (Wildman–Crippen MR) is 66.0 cm³/mol. The second kappa shape index (κ2) is 5.65. The number of benzene rings is 1. The van der Waals surface area contributed by atoms with Gasteiger partial charge in [0.15, 0.2) is 0 Å². The van der Waals surface area contributed by atoms with Crippen molar-refractivity contribution >= 4 is 40.7 Å². The minimum Gasteiger partial charge on any atom is -0.361 e. The zero-order chi connectivity index (χ0) is 13.0. The number of carbonyl (C=O) groups excluding carboxylic acids is 2. The molecule has 3 N–H and O–H groups in total. The predicted octanol–water partition coefficient (Wildman–Crippen LogP) is 1.32. The van der Waals surface area contributed by atoms with Gasteiger partial charge in [-0.15, -0.1) is 0 Å². The van der Waals surface area contributed by atoms with Crippen LogP contribution in [0.4, 0.5) is 0 Å². The minimum atomic E-state index is -1.11. The van der Waals surface area contributed by atoms with Crippen LogP contribution in [-0.4, -0.2) is 17.5 Å². The summed E-state index contributed by atoms with van der Waals surface area (Å²) in [7, 11) is 0. The van der Waals surface area contributed by atoms with Crippen molar-refractivity contribution in [3.63, 3.8) is 0 Å². The highest BCUT2D eigenvalue weighted by Gasteiger charge is 2.08. The Morgan fingerprint density at radius 2 is 2.00 bits per heavy atom. The van der Waals surface area contributed by atoms with Crippen LogP contribution in [0.1, 0.15) is 12.5 Å². The first-order valence-electron chi connectivity index (χ1n) is 4.51. The van der Waals surface area contributed by atoms with Gasteiger partial charge in [-0.3, -0.25) is 9.59 Å². The molecule has 1 aromatic rings. The molecule has 5 nitrogen and oxygen atoms in total. The number of nitrogens with zero attached hydrogens (tertiary/aromatic N) is 1. The zero-order valence-corrected chi connectivity index (χ0v) is 10.3. The fraction of sp³-hybridized carbons (Fsp3) is 0.100. The van der Waals surface area contributed by atoms with Crippen molar-refractivity contribution in [3.8, 4) is 0 Å².